The van der Waals surface area contributed by atoms with Crippen molar-refractivity contribution < 1.29 is 23.8 Å². The van der Waals surface area contributed by atoms with E-state index in [1.54, 1.807) is 7.05 Å². The Morgan fingerprint density at radius 3 is 2.50 bits per heavy atom. The molecule has 1 heterocycles. The summed E-state index contributed by atoms with van der Waals surface area (Å²) in [6, 6.07) is 1.56. The van der Waals surface area contributed by atoms with E-state index in [9.17, 15) is 14.7 Å². The SMILES string of the molecule is C=C(C(=O)O)C(=O)c1cc(F)c(N(C)C[C@H]2CCCCN2)c(OC)c1N(C)C1CC1. The van der Waals surface area contributed by atoms with Gasteiger partial charge in [-0.3, -0.25) is 4.79 Å². The Labute approximate surface area is 176 Å². The first-order valence-electron chi connectivity index (χ1n) is 10.3. The van der Waals surface area contributed by atoms with Crippen LogP contribution in [0.2, 0.25) is 0 Å². The maximum atomic E-state index is 15.3. The number of hydrogen-bond acceptors (Lipinski definition) is 6. The van der Waals surface area contributed by atoms with Crippen LogP contribution in [0.15, 0.2) is 18.2 Å². The predicted molar refractivity (Wildman–Crippen MR) is 114 cm³/mol. The summed E-state index contributed by atoms with van der Waals surface area (Å²) >= 11 is 0. The normalized spacial score (nSPS) is 18.6. The van der Waals surface area contributed by atoms with Gasteiger partial charge in [-0.25, -0.2) is 9.18 Å². The molecule has 0 unspecified atom stereocenters. The van der Waals surface area contributed by atoms with Crippen LogP contribution in [0.5, 0.6) is 5.75 Å². The molecule has 2 N–H and O–H groups in total. The molecule has 0 bridgehead atoms. The van der Waals surface area contributed by atoms with Gasteiger partial charge in [0, 0.05) is 32.7 Å². The molecule has 1 saturated carbocycles. The second-order valence-corrected chi connectivity index (χ2v) is 8.12. The lowest BCUT2D eigenvalue weighted by Gasteiger charge is -2.32. The lowest BCUT2D eigenvalue weighted by molar-refractivity contribution is -0.132. The highest BCUT2D eigenvalue weighted by atomic mass is 19.1. The molecule has 3 rings (SSSR count). The predicted octanol–water partition coefficient (Wildman–Crippen LogP) is 2.83. The fourth-order valence-electron chi connectivity index (χ4n) is 4.08. The number of likely N-dealkylation sites (N-methyl/N-ethyl adjacent to an activating group) is 1. The summed E-state index contributed by atoms with van der Waals surface area (Å²) in [6.07, 6.45) is 5.17. The first-order chi connectivity index (χ1) is 14.3. The van der Waals surface area contributed by atoms with Gasteiger partial charge in [0.1, 0.15) is 11.3 Å². The van der Waals surface area contributed by atoms with E-state index >= 15 is 4.39 Å². The minimum Gasteiger partial charge on any atom is -0.492 e. The van der Waals surface area contributed by atoms with Crippen molar-refractivity contribution in [1.29, 1.82) is 0 Å². The Hall–Kier alpha value is -2.61. The minimum absolute atomic E-state index is 0.0425. The standard InChI is InChI=1S/C22H30FN3O4/c1-13(22(28)29)20(27)16-11-17(23)19(25(2)12-14-7-5-6-10-24-14)21(30-4)18(16)26(3)15-8-9-15/h11,14-15,24H,1,5-10,12H2,2-4H3,(H,28,29)/t14-/m1/s1. The van der Waals surface area contributed by atoms with Crippen LogP contribution in [0.25, 0.3) is 0 Å². The van der Waals surface area contributed by atoms with E-state index in [1.165, 1.54) is 7.11 Å². The van der Waals surface area contributed by atoms with Crippen LogP contribution in [0.3, 0.4) is 0 Å². The highest BCUT2D eigenvalue weighted by molar-refractivity contribution is 6.25. The van der Waals surface area contributed by atoms with Crippen molar-refractivity contribution >= 4 is 23.1 Å². The average molecular weight is 419 g/mol. The summed E-state index contributed by atoms with van der Waals surface area (Å²) in [7, 11) is 5.06. The van der Waals surface area contributed by atoms with Gasteiger partial charge in [-0.05, 0) is 38.3 Å². The summed E-state index contributed by atoms with van der Waals surface area (Å²) in [6.45, 7) is 4.90. The number of benzene rings is 1. The van der Waals surface area contributed by atoms with Crippen molar-refractivity contribution in [2.45, 2.75) is 44.2 Å². The van der Waals surface area contributed by atoms with E-state index in [-0.39, 0.29) is 29.1 Å². The number of ketones is 1. The largest absolute Gasteiger partial charge is 0.492 e. The summed E-state index contributed by atoms with van der Waals surface area (Å²) in [4.78, 5) is 27.8. The average Bonchev–Trinajstić information content (AvgIpc) is 3.57. The van der Waals surface area contributed by atoms with Gasteiger partial charge >= 0.3 is 5.97 Å². The van der Waals surface area contributed by atoms with Crippen molar-refractivity contribution in [2.75, 3.05) is 44.1 Å². The van der Waals surface area contributed by atoms with E-state index in [1.807, 2.05) is 16.8 Å². The van der Waals surface area contributed by atoms with Crippen molar-refractivity contribution in [3.05, 3.63) is 29.6 Å². The monoisotopic (exact) mass is 419 g/mol. The van der Waals surface area contributed by atoms with Crippen LogP contribution in [0.4, 0.5) is 15.8 Å². The number of nitrogens with one attached hydrogen (secondary N) is 1. The first-order valence-corrected chi connectivity index (χ1v) is 10.3. The molecule has 1 aromatic rings. The first kappa shape index (κ1) is 22.1. The van der Waals surface area contributed by atoms with Gasteiger partial charge in [-0.1, -0.05) is 13.0 Å². The van der Waals surface area contributed by atoms with Gasteiger partial charge in [0.25, 0.3) is 0 Å². The molecule has 164 valence electrons. The van der Waals surface area contributed by atoms with E-state index < -0.39 is 23.1 Å². The van der Waals surface area contributed by atoms with Crippen LogP contribution < -0.4 is 19.9 Å². The highest BCUT2D eigenvalue weighted by Gasteiger charge is 2.35. The molecule has 2 fully saturated rings. The van der Waals surface area contributed by atoms with Crippen molar-refractivity contribution in [3.63, 3.8) is 0 Å². The number of rotatable bonds is 9. The number of carboxylic acid groups (broad SMARTS) is 1. The summed E-state index contributed by atoms with van der Waals surface area (Å²) in [5.74, 6) is -2.63. The number of Topliss-reactive ketones (excluding diaryl/α,β-unsaturated/α-hetero) is 1. The van der Waals surface area contributed by atoms with Crippen molar-refractivity contribution in [2.24, 2.45) is 0 Å². The number of halogens is 1. The van der Waals surface area contributed by atoms with Crippen molar-refractivity contribution in [3.8, 4) is 5.75 Å². The number of nitrogens with zero attached hydrogens (tertiary/aromatic N) is 2. The Morgan fingerprint density at radius 2 is 1.97 bits per heavy atom. The Kier molecular flexibility index (Phi) is 6.65. The molecule has 1 saturated heterocycles. The smallest absolute Gasteiger partial charge is 0.339 e. The quantitative estimate of drug-likeness (QED) is 0.276. The fourth-order valence-corrected chi connectivity index (χ4v) is 4.08. The third kappa shape index (κ3) is 4.43. The van der Waals surface area contributed by atoms with Crippen molar-refractivity contribution in [1.82, 2.24) is 5.32 Å². The molecule has 1 aromatic carbocycles. The number of carbonyl (C=O) groups excluding carboxylic acids is 1. The van der Waals surface area contributed by atoms with Crippen LogP contribution >= 0.6 is 0 Å². The molecule has 0 radical (unpaired) electrons. The second-order valence-electron chi connectivity index (χ2n) is 8.12. The summed E-state index contributed by atoms with van der Waals surface area (Å²) < 4.78 is 20.9. The zero-order chi connectivity index (χ0) is 22.0. The van der Waals surface area contributed by atoms with Crippen LogP contribution in [0.1, 0.15) is 42.5 Å². The summed E-state index contributed by atoms with van der Waals surface area (Å²) in [5.41, 5.74) is 0.0330. The van der Waals surface area contributed by atoms with Gasteiger partial charge in [0.15, 0.2) is 11.6 Å². The Morgan fingerprint density at radius 1 is 1.27 bits per heavy atom. The number of carbonyl (C=O) groups is 2. The molecule has 30 heavy (non-hydrogen) atoms. The third-order valence-corrected chi connectivity index (χ3v) is 5.90. The number of hydrogen-bond donors (Lipinski definition) is 2. The van der Waals surface area contributed by atoms with Crippen LogP contribution in [-0.2, 0) is 4.79 Å². The van der Waals surface area contributed by atoms with Gasteiger partial charge in [-0.15, -0.1) is 0 Å². The maximum Gasteiger partial charge on any atom is 0.339 e. The molecular weight excluding hydrogens is 389 g/mol. The van der Waals surface area contributed by atoms with Gasteiger partial charge in [0.05, 0.1) is 18.4 Å². The number of anilines is 2. The molecule has 1 aliphatic carbocycles. The number of ether oxygens (including phenoxy) is 1. The van der Waals surface area contributed by atoms with E-state index in [4.69, 9.17) is 4.74 Å². The van der Waals surface area contributed by atoms with Gasteiger partial charge in [-0.2, -0.15) is 0 Å². The van der Waals surface area contributed by atoms with E-state index in [0.717, 1.165) is 44.7 Å². The van der Waals surface area contributed by atoms with Gasteiger partial charge in [0.2, 0.25) is 5.78 Å². The molecule has 8 heteroatoms. The lowest BCUT2D eigenvalue weighted by atomic mass is 9.99. The molecule has 0 amide bonds. The van der Waals surface area contributed by atoms with Gasteiger partial charge < -0.3 is 25.0 Å². The molecule has 2 aliphatic rings. The summed E-state index contributed by atoms with van der Waals surface area (Å²) in [5, 5.41) is 12.7. The highest BCUT2D eigenvalue weighted by Crippen LogP contribution is 2.46. The molecule has 1 atom stereocenters. The van der Waals surface area contributed by atoms with E-state index in [2.05, 4.69) is 11.9 Å². The number of methoxy groups -OCH3 is 1. The molecule has 7 nitrogen and oxygen atoms in total. The maximum absolute atomic E-state index is 15.3. The minimum atomic E-state index is -1.43. The molecule has 0 aromatic heterocycles. The molecular formula is C22H30FN3O4. The fraction of sp³-hybridized carbons (Fsp3) is 0.545. The van der Waals surface area contributed by atoms with Crippen LogP contribution in [0, 0.1) is 5.82 Å². The number of piperidine rings is 1. The second kappa shape index (κ2) is 9.04. The zero-order valence-electron chi connectivity index (χ0n) is 17.8. The van der Waals surface area contributed by atoms with Crippen LogP contribution in [-0.4, -0.2) is 63.2 Å². The topological polar surface area (TPSA) is 82.1 Å². The Bertz CT molecular complexity index is 847. The Balaban J connectivity index is 2.07. The number of carboxylic acids is 1. The zero-order valence-corrected chi connectivity index (χ0v) is 17.8. The molecule has 0 spiro atoms. The third-order valence-electron chi connectivity index (χ3n) is 5.90. The lowest BCUT2D eigenvalue weighted by Crippen LogP contribution is -2.42. The molecule has 1 aliphatic heterocycles. The van der Waals surface area contributed by atoms with E-state index in [0.29, 0.717) is 12.2 Å². The number of aliphatic carboxylic acids is 1.